The lowest BCUT2D eigenvalue weighted by Crippen LogP contribution is -2.48. The van der Waals surface area contributed by atoms with Gasteiger partial charge in [-0.15, -0.1) is 0 Å². The summed E-state index contributed by atoms with van der Waals surface area (Å²) in [5.74, 6) is -0.273. The van der Waals surface area contributed by atoms with Crippen LogP contribution in [0.25, 0.3) is 10.8 Å². The summed E-state index contributed by atoms with van der Waals surface area (Å²) in [7, 11) is 0. The van der Waals surface area contributed by atoms with E-state index in [9.17, 15) is 9.18 Å². The van der Waals surface area contributed by atoms with E-state index in [1.54, 1.807) is 19.1 Å². The Labute approximate surface area is 161 Å². The number of hydrogen-bond acceptors (Lipinski definition) is 3. The maximum absolute atomic E-state index is 13.6. The largest absolute Gasteiger partial charge is 0.481 e. The number of halogens is 1. The van der Waals surface area contributed by atoms with E-state index < -0.39 is 17.8 Å². The van der Waals surface area contributed by atoms with Gasteiger partial charge in [0.1, 0.15) is 11.6 Å². The molecule has 0 saturated carbocycles. The lowest BCUT2D eigenvalue weighted by Gasteiger charge is -2.17. The average molecular weight is 383 g/mol. The van der Waals surface area contributed by atoms with Gasteiger partial charge < -0.3 is 10.1 Å². The van der Waals surface area contributed by atoms with Crippen molar-refractivity contribution < 1.29 is 13.9 Å². The summed E-state index contributed by atoms with van der Waals surface area (Å²) < 4.78 is 19.3. The highest BCUT2D eigenvalue weighted by molar-refractivity contribution is 7.80. The van der Waals surface area contributed by atoms with Crippen LogP contribution in [0.5, 0.6) is 5.75 Å². The predicted octanol–water partition coefficient (Wildman–Crippen LogP) is 3.76. The highest BCUT2D eigenvalue weighted by Gasteiger charge is 2.15. The van der Waals surface area contributed by atoms with Crippen molar-refractivity contribution in [1.29, 1.82) is 0 Å². The number of para-hydroxylation sites is 1. The number of thiocarbonyl (C=S) groups is 1. The molecule has 0 aromatic heterocycles. The van der Waals surface area contributed by atoms with Crippen LogP contribution in [0, 0.1) is 5.82 Å². The van der Waals surface area contributed by atoms with E-state index in [2.05, 4.69) is 16.2 Å². The topological polar surface area (TPSA) is 62.4 Å². The van der Waals surface area contributed by atoms with Crippen LogP contribution in [0.15, 0.2) is 66.7 Å². The lowest BCUT2D eigenvalue weighted by molar-refractivity contribution is -0.127. The minimum absolute atomic E-state index is 0.0614. The number of anilines is 1. The first kappa shape index (κ1) is 18.6. The highest BCUT2D eigenvalue weighted by atomic mass is 32.1. The van der Waals surface area contributed by atoms with E-state index in [0.717, 1.165) is 10.8 Å². The van der Waals surface area contributed by atoms with Gasteiger partial charge in [-0.2, -0.15) is 0 Å². The zero-order valence-corrected chi connectivity index (χ0v) is 15.3. The number of rotatable bonds is 4. The molecule has 7 heteroatoms. The third-order valence-electron chi connectivity index (χ3n) is 3.82. The Morgan fingerprint density at radius 2 is 1.70 bits per heavy atom. The molecule has 1 amide bonds. The summed E-state index contributed by atoms with van der Waals surface area (Å²) in [5, 5.41) is 4.84. The molecular formula is C20H18FN3O2S. The molecule has 3 N–H and O–H groups in total. The van der Waals surface area contributed by atoms with Gasteiger partial charge in [-0.25, -0.2) is 4.39 Å². The number of hydrazine groups is 1. The fraction of sp³-hybridized carbons (Fsp3) is 0.100. The molecule has 0 fully saturated rings. The van der Waals surface area contributed by atoms with E-state index in [1.165, 1.54) is 12.1 Å². The summed E-state index contributed by atoms with van der Waals surface area (Å²) in [4.78, 5) is 12.2. The molecule has 1 atom stereocenters. The quantitative estimate of drug-likeness (QED) is 0.473. The Hall–Kier alpha value is -3.19. The van der Waals surface area contributed by atoms with Crippen molar-refractivity contribution in [2.75, 3.05) is 5.32 Å². The molecule has 0 radical (unpaired) electrons. The summed E-state index contributed by atoms with van der Waals surface area (Å²) in [6.07, 6.45) is -0.755. The van der Waals surface area contributed by atoms with E-state index in [0.29, 0.717) is 5.75 Å². The minimum Gasteiger partial charge on any atom is -0.481 e. The fourth-order valence-electron chi connectivity index (χ4n) is 2.43. The SMILES string of the molecule is C[C@H](Oc1ccc2ccccc2c1)C(=O)NNC(=S)Nc1ccccc1F. The van der Waals surface area contributed by atoms with Crippen molar-refractivity contribution in [3.05, 3.63) is 72.5 Å². The third-order valence-corrected chi connectivity index (χ3v) is 4.03. The van der Waals surface area contributed by atoms with Gasteiger partial charge in [0, 0.05) is 0 Å². The Bertz CT molecular complexity index is 980. The fourth-order valence-corrected chi connectivity index (χ4v) is 2.60. The molecule has 27 heavy (non-hydrogen) atoms. The van der Waals surface area contributed by atoms with Gasteiger partial charge >= 0.3 is 0 Å². The Morgan fingerprint density at radius 1 is 1.00 bits per heavy atom. The second-order valence-electron chi connectivity index (χ2n) is 5.82. The van der Waals surface area contributed by atoms with Gasteiger partial charge in [-0.1, -0.05) is 42.5 Å². The van der Waals surface area contributed by atoms with E-state index >= 15 is 0 Å². The predicted molar refractivity (Wildman–Crippen MR) is 108 cm³/mol. The van der Waals surface area contributed by atoms with E-state index in [4.69, 9.17) is 17.0 Å². The minimum atomic E-state index is -0.755. The molecule has 0 heterocycles. The maximum Gasteiger partial charge on any atom is 0.279 e. The molecule has 0 aliphatic carbocycles. The van der Waals surface area contributed by atoms with Crippen LogP contribution in [0.1, 0.15) is 6.92 Å². The van der Waals surface area contributed by atoms with Crippen LogP contribution in [0.3, 0.4) is 0 Å². The van der Waals surface area contributed by atoms with Gasteiger partial charge in [-0.05, 0) is 54.2 Å². The van der Waals surface area contributed by atoms with Crippen molar-refractivity contribution in [3.8, 4) is 5.75 Å². The van der Waals surface area contributed by atoms with Gasteiger partial charge in [0.15, 0.2) is 11.2 Å². The van der Waals surface area contributed by atoms with Crippen LogP contribution in [0.4, 0.5) is 10.1 Å². The lowest BCUT2D eigenvalue weighted by atomic mass is 10.1. The standard InChI is InChI=1S/C20H18FN3O2S/c1-13(26-16-11-10-14-6-2-3-7-15(14)12-16)19(25)23-24-20(27)22-18-9-5-4-8-17(18)21/h2-13H,1H3,(H,23,25)(H2,22,24,27)/t13-/m0/s1. The van der Waals surface area contributed by atoms with Crippen LogP contribution < -0.4 is 20.9 Å². The number of ether oxygens (including phenoxy) is 1. The third kappa shape index (κ3) is 4.92. The second kappa shape index (κ2) is 8.46. The highest BCUT2D eigenvalue weighted by Crippen LogP contribution is 2.21. The van der Waals surface area contributed by atoms with Crippen LogP contribution in [-0.4, -0.2) is 17.1 Å². The van der Waals surface area contributed by atoms with Crippen LogP contribution in [0.2, 0.25) is 0 Å². The van der Waals surface area contributed by atoms with Crippen LogP contribution in [-0.2, 0) is 4.79 Å². The number of nitrogens with one attached hydrogen (secondary N) is 3. The molecule has 3 aromatic rings. The first-order chi connectivity index (χ1) is 13.0. The number of fused-ring (bicyclic) bond motifs is 1. The molecule has 0 aliphatic heterocycles. The van der Waals surface area contributed by atoms with Crippen LogP contribution >= 0.6 is 12.2 Å². The summed E-state index contributed by atoms with van der Waals surface area (Å²) in [6, 6.07) is 19.6. The summed E-state index contributed by atoms with van der Waals surface area (Å²) in [5.41, 5.74) is 5.18. The van der Waals surface area contributed by atoms with Crippen molar-refractivity contribution in [3.63, 3.8) is 0 Å². The van der Waals surface area contributed by atoms with Crippen molar-refractivity contribution in [1.82, 2.24) is 10.9 Å². The monoisotopic (exact) mass is 383 g/mol. The molecule has 5 nitrogen and oxygen atoms in total. The second-order valence-corrected chi connectivity index (χ2v) is 6.23. The molecule has 0 unspecified atom stereocenters. The molecule has 3 rings (SSSR count). The number of hydrogen-bond donors (Lipinski definition) is 3. The number of benzene rings is 3. The maximum atomic E-state index is 13.6. The Kier molecular flexibility index (Phi) is 5.83. The van der Waals surface area contributed by atoms with Crippen molar-refractivity contribution in [2.45, 2.75) is 13.0 Å². The zero-order valence-electron chi connectivity index (χ0n) is 14.5. The van der Waals surface area contributed by atoms with Gasteiger partial charge in [-0.3, -0.25) is 15.6 Å². The Balaban J connectivity index is 1.52. The normalized spacial score (nSPS) is 11.5. The number of amides is 1. The molecule has 138 valence electrons. The number of carbonyl (C=O) groups is 1. The molecule has 3 aromatic carbocycles. The zero-order chi connectivity index (χ0) is 19.2. The molecule has 0 saturated heterocycles. The van der Waals surface area contributed by atoms with Gasteiger partial charge in [0.05, 0.1) is 5.69 Å². The summed E-state index contributed by atoms with van der Waals surface area (Å²) >= 11 is 5.04. The smallest absolute Gasteiger partial charge is 0.279 e. The van der Waals surface area contributed by atoms with E-state index in [-0.39, 0.29) is 10.8 Å². The average Bonchev–Trinajstić information content (AvgIpc) is 2.67. The molecule has 0 aliphatic rings. The first-order valence-corrected chi connectivity index (χ1v) is 8.70. The van der Waals surface area contributed by atoms with Crippen molar-refractivity contribution in [2.24, 2.45) is 0 Å². The van der Waals surface area contributed by atoms with E-state index in [1.807, 2.05) is 42.5 Å². The molecule has 0 bridgehead atoms. The first-order valence-electron chi connectivity index (χ1n) is 8.30. The number of carbonyl (C=O) groups excluding carboxylic acids is 1. The van der Waals surface area contributed by atoms with Crippen molar-refractivity contribution >= 4 is 39.7 Å². The Morgan fingerprint density at radius 3 is 2.48 bits per heavy atom. The van der Waals surface area contributed by atoms with Gasteiger partial charge in [0.25, 0.3) is 5.91 Å². The van der Waals surface area contributed by atoms with Gasteiger partial charge in [0.2, 0.25) is 0 Å². The molecule has 0 spiro atoms. The molecular weight excluding hydrogens is 365 g/mol. The summed E-state index contributed by atoms with van der Waals surface area (Å²) in [6.45, 7) is 1.62.